The van der Waals surface area contributed by atoms with Crippen molar-refractivity contribution in [2.75, 3.05) is 18.0 Å². The molecule has 0 unspecified atom stereocenters. The number of Topliss-reactive ketones (excluding diaryl/α,β-unsaturated/α-hetero) is 1. The molecule has 1 aliphatic carbocycles. The second-order valence-electron chi connectivity index (χ2n) is 7.94. The number of benzene rings is 1. The van der Waals surface area contributed by atoms with E-state index in [1.54, 1.807) is 0 Å². The van der Waals surface area contributed by atoms with Crippen LogP contribution in [-0.4, -0.2) is 18.9 Å². The summed E-state index contributed by atoms with van der Waals surface area (Å²) < 4.78 is 0. The maximum Gasteiger partial charge on any atom is 0.166 e. The molecule has 0 spiro atoms. The second-order valence-corrected chi connectivity index (χ2v) is 7.94. The smallest absolute Gasteiger partial charge is 0.166 e. The van der Waals surface area contributed by atoms with Gasteiger partial charge in [0.15, 0.2) is 5.78 Å². The highest BCUT2D eigenvalue weighted by Crippen LogP contribution is 2.48. The lowest BCUT2D eigenvalue weighted by atomic mass is 9.62. The topological polar surface area (TPSA) is 20.3 Å². The van der Waals surface area contributed by atoms with Crippen molar-refractivity contribution in [3.05, 3.63) is 28.8 Å². The van der Waals surface area contributed by atoms with E-state index in [1.165, 1.54) is 29.7 Å². The Labute approximate surface area is 128 Å². The molecule has 2 heteroatoms. The van der Waals surface area contributed by atoms with Crippen molar-refractivity contribution in [1.82, 2.24) is 0 Å². The van der Waals surface area contributed by atoms with Crippen LogP contribution in [0.25, 0.3) is 0 Å². The summed E-state index contributed by atoms with van der Waals surface area (Å²) in [6, 6.07) is 4.54. The van der Waals surface area contributed by atoms with Crippen LogP contribution in [0.4, 0.5) is 5.69 Å². The summed E-state index contributed by atoms with van der Waals surface area (Å²) >= 11 is 0. The van der Waals surface area contributed by atoms with E-state index in [1.807, 2.05) is 0 Å². The summed E-state index contributed by atoms with van der Waals surface area (Å²) in [5, 5.41) is 0. The molecule has 1 aromatic carbocycles. The minimum Gasteiger partial charge on any atom is -0.371 e. The van der Waals surface area contributed by atoms with Gasteiger partial charge in [0.1, 0.15) is 0 Å². The third-order valence-corrected chi connectivity index (χ3v) is 5.60. The highest BCUT2D eigenvalue weighted by molar-refractivity contribution is 6.03. The van der Waals surface area contributed by atoms with Crippen LogP contribution in [0.5, 0.6) is 0 Å². The zero-order valence-electron chi connectivity index (χ0n) is 14.0. The van der Waals surface area contributed by atoms with Gasteiger partial charge in [-0.25, -0.2) is 0 Å². The lowest BCUT2D eigenvalue weighted by molar-refractivity contribution is 0.0979. The molecule has 0 saturated heterocycles. The molecule has 21 heavy (non-hydrogen) atoms. The minimum atomic E-state index is 0.175. The summed E-state index contributed by atoms with van der Waals surface area (Å²) in [4.78, 5) is 14.7. The second kappa shape index (κ2) is 4.59. The van der Waals surface area contributed by atoms with Gasteiger partial charge in [-0.3, -0.25) is 4.79 Å². The molecule has 2 nitrogen and oxygen atoms in total. The molecule has 114 valence electrons. The van der Waals surface area contributed by atoms with E-state index < -0.39 is 0 Å². The first-order valence-electron chi connectivity index (χ1n) is 8.23. The summed E-state index contributed by atoms with van der Waals surface area (Å²) in [5.41, 5.74) is 5.34. The number of ketones is 1. The monoisotopic (exact) mass is 285 g/mol. The third kappa shape index (κ3) is 2.20. The molecular formula is C19H27NO. The Morgan fingerprint density at radius 2 is 1.62 bits per heavy atom. The van der Waals surface area contributed by atoms with Gasteiger partial charge in [0.25, 0.3) is 0 Å². The van der Waals surface area contributed by atoms with Gasteiger partial charge >= 0.3 is 0 Å². The quantitative estimate of drug-likeness (QED) is 0.760. The largest absolute Gasteiger partial charge is 0.371 e. The van der Waals surface area contributed by atoms with Crippen molar-refractivity contribution in [3.63, 3.8) is 0 Å². The summed E-state index contributed by atoms with van der Waals surface area (Å²) in [6.07, 6.45) is 3.06. The first kappa shape index (κ1) is 14.6. The molecule has 0 N–H and O–H groups in total. The van der Waals surface area contributed by atoms with Gasteiger partial charge in [-0.1, -0.05) is 27.7 Å². The Balaban J connectivity index is 2.26. The Morgan fingerprint density at radius 3 is 2.19 bits per heavy atom. The maximum atomic E-state index is 12.4. The lowest BCUT2D eigenvalue weighted by Crippen LogP contribution is -2.37. The first-order chi connectivity index (χ1) is 9.76. The minimum absolute atomic E-state index is 0.175. The van der Waals surface area contributed by atoms with E-state index in [-0.39, 0.29) is 10.8 Å². The fourth-order valence-electron chi connectivity index (χ4n) is 3.91. The zero-order chi connectivity index (χ0) is 15.4. The standard InChI is InChI=1S/C19H27NO/c1-6-20-10-7-17(21)13-11-14-15(12-16(13)20)19(4,5)9-8-18(14,2)3/h11-12H,6-10H2,1-5H3. The van der Waals surface area contributed by atoms with Crippen molar-refractivity contribution in [3.8, 4) is 0 Å². The molecule has 0 atom stereocenters. The van der Waals surface area contributed by atoms with Gasteiger partial charge in [-0.05, 0) is 53.9 Å². The fourth-order valence-corrected chi connectivity index (χ4v) is 3.91. The van der Waals surface area contributed by atoms with Crippen LogP contribution in [0.1, 0.15) is 75.4 Å². The fraction of sp³-hybridized carbons (Fsp3) is 0.632. The molecular weight excluding hydrogens is 258 g/mol. The SMILES string of the molecule is CCN1CCC(=O)c2cc3c(cc21)C(C)(C)CCC3(C)C. The third-order valence-electron chi connectivity index (χ3n) is 5.60. The van der Waals surface area contributed by atoms with Crippen LogP contribution in [0.2, 0.25) is 0 Å². The van der Waals surface area contributed by atoms with Crippen molar-refractivity contribution >= 4 is 11.5 Å². The van der Waals surface area contributed by atoms with E-state index in [0.717, 1.165) is 18.7 Å². The predicted molar refractivity (Wildman–Crippen MR) is 88.6 cm³/mol. The zero-order valence-corrected chi connectivity index (χ0v) is 14.0. The van der Waals surface area contributed by atoms with Crippen LogP contribution >= 0.6 is 0 Å². The van der Waals surface area contributed by atoms with Crippen molar-refractivity contribution in [2.45, 2.75) is 64.7 Å². The molecule has 0 saturated carbocycles. The van der Waals surface area contributed by atoms with Gasteiger partial charge in [-0.2, -0.15) is 0 Å². The van der Waals surface area contributed by atoms with Crippen LogP contribution < -0.4 is 4.90 Å². The van der Waals surface area contributed by atoms with Crippen LogP contribution in [0.15, 0.2) is 12.1 Å². The van der Waals surface area contributed by atoms with E-state index in [9.17, 15) is 4.79 Å². The molecule has 2 aliphatic rings. The van der Waals surface area contributed by atoms with E-state index in [4.69, 9.17) is 0 Å². The molecule has 0 radical (unpaired) electrons. The number of hydrogen-bond acceptors (Lipinski definition) is 2. The van der Waals surface area contributed by atoms with E-state index in [0.29, 0.717) is 12.2 Å². The number of anilines is 1. The van der Waals surface area contributed by atoms with E-state index >= 15 is 0 Å². The Hall–Kier alpha value is -1.31. The number of rotatable bonds is 1. The first-order valence-corrected chi connectivity index (χ1v) is 8.23. The van der Waals surface area contributed by atoms with Crippen molar-refractivity contribution in [2.24, 2.45) is 0 Å². The van der Waals surface area contributed by atoms with Gasteiger partial charge in [-0.15, -0.1) is 0 Å². The predicted octanol–water partition coefficient (Wildman–Crippen LogP) is 4.45. The highest BCUT2D eigenvalue weighted by Gasteiger charge is 2.39. The van der Waals surface area contributed by atoms with Crippen molar-refractivity contribution in [1.29, 1.82) is 0 Å². The van der Waals surface area contributed by atoms with Gasteiger partial charge < -0.3 is 4.90 Å². The number of hydrogen-bond donors (Lipinski definition) is 0. The molecule has 3 rings (SSSR count). The Kier molecular flexibility index (Phi) is 3.20. The summed E-state index contributed by atoms with van der Waals surface area (Å²) in [6.45, 7) is 13.3. The number of fused-ring (bicyclic) bond motifs is 2. The molecule has 1 heterocycles. The Bertz CT molecular complexity index is 598. The molecule has 1 aromatic rings. The molecule has 1 aliphatic heterocycles. The molecule has 0 fully saturated rings. The van der Waals surface area contributed by atoms with Crippen LogP contribution in [0, 0.1) is 0 Å². The summed E-state index contributed by atoms with van der Waals surface area (Å²) in [7, 11) is 0. The Morgan fingerprint density at radius 1 is 1.05 bits per heavy atom. The van der Waals surface area contributed by atoms with Gasteiger partial charge in [0, 0.05) is 30.8 Å². The average molecular weight is 285 g/mol. The van der Waals surface area contributed by atoms with Crippen LogP contribution in [0.3, 0.4) is 0 Å². The summed E-state index contributed by atoms with van der Waals surface area (Å²) in [5.74, 6) is 0.316. The number of carbonyl (C=O) groups excluding carboxylic acids is 1. The average Bonchev–Trinajstić information content (AvgIpc) is 2.44. The highest BCUT2D eigenvalue weighted by atomic mass is 16.1. The normalized spacial score (nSPS) is 22.7. The van der Waals surface area contributed by atoms with Gasteiger partial charge in [0.2, 0.25) is 0 Å². The lowest BCUT2D eigenvalue weighted by Gasteiger charge is -2.43. The van der Waals surface area contributed by atoms with Crippen LogP contribution in [-0.2, 0) is 10.8 Å². The molecule has 0 bridgehead atoms. The molecule has 0 amide bonds. The van der Waals surface area contributed by atoms with Gasteiger partial charge in [0.05, 0.1) is 0 Å². The van der Waals surface area contributed by atoms with E-state index in [2.05, 4.69) is 51.7 Å². The van der Waals surface area contributed by atoms with Crippen molar-refractivity contribution < 1.29 is 4.79 Å². The molecule has 0 aromatic heterocycles. The number of nitrogens with zero attached hydrogens (tertiary/aromatic N) is 1. The number of carbonyl (C=O) groups is 1. The maximum absolute atomic E-state index is 12.4.